The van der Waals surface area contributed by atoms with E-state index in [0.717, 1.165) is 53.0 Å². The topological polar surface area (TPSA) is 76.7 Å². The third-order valence-corrected chi connectivity index (χ3v) is 7.22. The van der Waals surface area contributed by atoms with E-state index in [2.05, 4.69) is 31.4 Å². The zero-order valence-electron chi connectivity index (χ0n) is 21.9. The van der Waals surface area contributed by atoms with Crippen molar-refractivity contribution in [2.24, 2.45) is 5.41 Å². The normalized spacial score (nSPS) is 15.2. The monoisotopic (exact) mass is 500 g/mol. The van der Waals surface area contributed by atoms with Crippen molar-refractivity contribution < 1.29 is 20.5 Å². The Hall–Kier alpha value is -3.80. The van der Waals surface area contributed by atoms with E-state index in [4.69, 9.17) is 9.47 Å². The van der Waals surface area contributed by atoms with Crippen molar-refractivity contribution >= 4 is 17.5 Å². The van der Waals surface area contributed by atoms with Crippen molar-refractivity contribution in [1.29, 1.82) is 0 Å². The van der Waals surface area contributed by atoms with E-state index >= 15 is 0 Å². The number of ether oxygens (including phenoxy) is 2. The maximum atomic E-state index is 13.4. The number of hydrogen-bond acceptors (Lipinski definition) is 4. The first kappa shape index (κ1) is 24.9. The molecule has 0 unspecified atom stereocenters. The molecular formula is C31H36N2O4. The van der Waals surface area contributed by atoms with E-state index in [1.165, 1.54) is 0 Å². The summed E-state index contributed by atoms with van der Waals surface area (Å²) in [6.45, 7) is 9.40. The first-order valence-electron chi connectivity index (χ1n) is 12.9. The van der Waals surface area contributed by atoms with Crippen LogP contribution >= 0.6 is 0 Å². The van der Waals surface area contributed by atoms with Gasteiger partial charge in [0.15, 0.2) is 11.5 Å². The van der Waals surface area contributed by atoms with Gasteiger partial charge in [-0.2, -0.15) is 0 Å². The van der Waals surface area contributed by atoms with Crippen LogP contribution in [0.2, 0.25) is 0 Å². The Bertz CT molecular complexity index is 1340. The van der Waals surface area contributed by atoms with Crippen LogP contribution in [-0.2, 0) is 10.2 Å². The average molecular weight is 501 g/mol. The van der Waals surface area contributed by atoms with E-state index in [0.29, 0.717) is 17.9 Å². The number of rotatable bonds is 7. The molecule has 3 aromatic carbocycles. The molecule has 37 heavy (non-hydrogen) atoms. The van der Waals surface area contributed by atoms with Gasteiger partial charge in [0.2, 0.25) is 12.7 Å². The maximum Gasteiger partial charge on any atom is 0.251 e. The van der Waals surface area contributed by atoms with Crippen LogP contribution in [0.3, 0.4) is 0 Å². The molecule has 1 aliphatic carbocycles. The molecule has 0 spiro atoms. The summed E-state index contributed by atoms with van der Waals surface area (Å²) in [6, 6.07) is 19.3. The summed E-state index contributed by atoms with van der Waals surface area (Å²) in [5.74, 6) is 1.34. The van der Waals surface area contributed by atoms with Crippen molar-refractivity contribution in [2.45, 2.75) is 52.4 Å². The number of fused-ring (bicyclic) bond motifs is 1. The lowest BCUT2D eigenvalue weighted by Gasteiger charge is -2.18. The summed E-state index contributed by atoms with van der Waals surface area (Å²) in [4.78, 5) is 25.9. The molecule has 5 rings (SSSR count). The third-order valence-electron chi connectivity index (χ3n) is 7.22. The number of benzene rings is 3. The van der Waals surface area contributed by atoms with Gasteiger partial charge in [-0.15, -0.1) is 0 Å². The van der Waals surface area contributed by atoms with E-state index < -0.39 is 5.41 Å². The molecule has 0 aromatic heterocycles. The lowest BCUT2D eigenvalue weighted by molar-refractivity contribution is -0.118. The number of amides is 2. The lowest BCUT2D eigenvalue weighted by Crippen LogP contribution is -2.27. The quantitative estimate of drug-likeness (QED) is 0.390. The fourth-order valence-corrected chi connectivity index (χ4v) is 4.68. The zero-order valence-corrected chi connectivity index (χ0v) is 21.9. The van der Waals surface area contributed by atoms with Gasteiger partial charge >= 0.3 is 0 Å². The minimum Gasteiger partial charge on any atom is -0.454 e. The fraction of sp³-hybridized carbons (Fsp3) is 0.355. The van der Waals surface area contributed by atoms with Crippen LogP contribution < -0.4 is 20.1 Å². The molecule has 0 radical (unpaired) electrons. The SMILES string of the molecule is Cc1ccc(NC(=O)C2(c3ccc4c(c3)OCO4)CC2)cc1-c1ccc(C(=O)NCCC(C)(C)C)cc1.[HH]. The molecular weight excluding hydrogens is 464 g/mol. The highest BCUT2D eigenvalue weighted by molar-refractivity contribution is 6.02. The summed E-state index contributed by atoms with van der Waals surface area (Å²) in [5.41, 5.74) is 5.10. The van der Waals surface area contributed by atoms with Gasteiger partial charge in [-0.25, -0.2) is 0 Å². The number of anilines is 1. The Morgan fingerprint density at radius 2 is 1.68 bits per heavy atom. The van der Waals surface area contributed by atoms with Crippen molar-refractivity contribution in [3.05, 3.63) is 77.4 Å². The van der Waals surface area contributed by atoms with E-state index in [9.17, 15) is 9.59 Å². The number of carbonyl (C=O) groups is 2. The summed E-state index contributed by atoms with van der Waals surface area (Å²) in [6.07, 6.45) is 2.53. The van der Waals surface area contributed by atoms with Gasteiger partial charge in [-0.1, -0.05) is 45.0 Å². The predicted molar refractivity (Wildman–Crippen MR) is 147 cm³/mol. The van der Waals surface area contributed by atoms with Gasteiger partial charge in [0.05, 0.1) is 5.41 Å². The number of nitrogens with one attached hydrogen (secondary N) is 2. The van der Waals surface area contributed by atoms with Crippen LogP contribution in [0.5, 0.6) is 11.5 Å². The number of carbonyl (C=O) groups excluding carboxylic acids is 2. The van der Waals surface area contributed by atoms with E-state index in [1.54, 1.807) is 0 Å². The second-order valence-electron chi connectivity index (χ2n) is 11.3. The highest BCUT2D eigenvalue weighted by Gasteiger charge is 2.51. The Morgan fingerprint density at radius 1 is 0.946 bits per heavy atom. The van der Waals surface area contributed by atoms with Gasteiger partial charge in [-0.05, 0) is 90.3 Å². The van der Waals surface area contributed by atoms with Crippen LogP contribution in [0, 0.1) is 12.3 Å². The van der Waals surface area contributed by atoms with Crippen LogP contribution in [0.25, 0.3) is 11.1 Å². The summed E-state index contributed by atoms with van der Waals surface area (Å²) >= 11 is 0. The molecule has 1 aliphatic heterocycles. The average Bonchev–Trinajstić information content (AvgIpc) is 3.55. The first-order valence-corrected chi connectivity index (χ1v) is 12.9. The molecule has 1 heterocycles. The molecule has 0 atom stereocenters. The molecule has 2 aliphatic rings. The predicted octanol–water partition coefficient (Wildman–Crippen LogP) is 6.47. The smallest absolute Gasteiger partial charge is 0.251 e. The van der Waals surface area contributed by atoms with Gasteiger partial charge in [-0.3, -0.25) is 9.59 Å². The van der Waals surface area contributed by atoms with Gasteiger partial charge in [0, 0.05) is 19.2 Å². The molecule has 2 N–H and O–H groups in total. The first-order chi connectivity index (χ1) is 17.6. The standard InChI is InChI=1S/C31H34N2O4.H2/c1-20-5-11-24(33-29(35)31(13-14-31)23-10-12-26-27(17-23)37-19-36-26)18-25(20)21-6-8-22(9-7-21)28(34)32-16-15-30(2,3)4;/h5-12,17-18H,13-16,19H2,1-4H3,(H,32,34)(H,33,35);1H. The molecule has 2 amide bonds. The Kier molecular flexibility index (Phi) is 6.44. The van der Waals surface area contributed by atoms with Crippen LogP contribution in [0.1, 0.15) is 62.9 Å². The van der Waals surface area contributed by atoms with Crippen molar-refractivity contribution in [2.75, 3.05) is 18.7 Å². The third kappa shape index (κ3) is 5.33. The molecule has 3 aromatic rings. The summed E-state index contributed by atoms with van der Waals surface area (Å²) in [5, 5.41) is 6.14. The highest BCUT2D eigenvalue weighted by Crippen LogP contribution is 2.51. The van der Waals surface area contributed by atoms with Crippen LogP contribution in [0.4, 0.5) is 5.69 Å². The molecule has 1 saturated carbocycles. The zero-order chi connectivity index (χ0) is 26.2. The lowest BCUT2D eigenvalue weighted by atomic mass is 9.92. The minimum absolute atomic E-state index is 0. The second-order valence-corrected chi connectivity index (χ2v) is 11.3. The molecule has 0 saturated heterocycles. The largest absolute Gasteiger partial charge is 0.454 e. The molecule has 6 nitrogen and oxygen atoms in total. The number of hydrogen-bond donors (Lipinski definition) is 2. The van der Waals surface area contributed by atoms with Crippen LogP contribution in [-0.4, -0.2) is 25.2 Å². The fourth-order valence-electron chi connectivity index (χ4n) is 4.68. The van der Waals surface area contributed by atoms with Gasteiger partial charge < -0.3 is 20.1 Å². The van der Waals surface area contributed by atoms with Crippen molar-refractivity contribution in [1.82, 2.24) is 5.32 Å². The van der Waals surface area contributed by atoms with Gasteiger partial charge in [0.25, 0.3) is 5.91 Å². The maximum absolute atomic E-state index is 13.4. The van der Waals surface area contributed by atoms with Crippen LogP contribution in [0.15, 0.2) is 60.7 Å². The summed E-state index contributed by atoms with van der Waals surface area (Å²) in [7, 11) is 0. The van der Waals surface area contributed by atoms with Crippen molar-refractivity contribution in [3.63, 3.8) is 0 Å². The number of aryl methyl sites for hydroxylation is 1. The molecule has 194 valence electrons. The molecule has 0 bridgehead atoms. The second kappa shape index (κ2) is 9.58. The Labute approximate surface area is 219 Å². The summed E-state index contributed by atoms with van der Waals surface area (Å²) < 4.78 is 10.9. The minimum atomic E-state index is -0.534. The Balaban J connectivity index is 0.00000336. The molecule has 1 fully saturated rings. The van der Waals surface area contributed by atoms with E-state index in [-0.39, 0.29) is 25.4 Å². The van der Waals surface area contributed by atoms with Gasteiger partial charge in [0.1, 0.15) is 0 Å². The highest BCUT2D eigenvalue weighted by atomic mass is 16.7. The Morgan fingerprint density at radius 3 is 2.38 bits per heavy atom. The van der Waals surface area contributed by atoms with Crippen molar-refractivity contribution in [3.8, 4) is 22.6 Å². The van der Waals surface area contributed by atoms with E-state index in [1.807, 2.05) is 67.6 Å². The molecule has 6 heteroatoms.